The van der Waals surface area contributed by atoms with Gasteiger partial charge in [-0.1, -0.05) is 13.8 Å². The van der Waals surface area contributed by atoms with Gasteiger partial charge in [0.15, 0.2) is 0 Å². The first-order chi connectivity index (χ1) is 12.1. The highest BCUT2D eigenvalue weighted by Gasteiger charge is 2.51. The Balaban J connectivity index is 1.29. The van der Waals surface area contributed by atoms with Crippen molar-refractivity contribution in [1.29, 1.82) is 0 Å². The van der Waals surface area contributed by atoms with Crippen LogP contribution < -0.4 is 0 Å². The smallest absolute Gasteiger partial charge is 0.222 e. The summed E-state index contributed by atoms with van der Waals surface area (Å²) in [6.07, 6.45) is 10.8. The molecule has 0 aromatic carbocycles. The van der Waals surface area contributed by atoms with Crippen molar-refractivity contribution in [3.8, 4) is 0 Å². The van der Waals surface area contributed by atoms with Crippen LogP contribution in [0.2, 0.25) is 0 Å². The van der Waals surface area contributed by atoms with Gasteiger partial charge in [0.1, 0.15) is 0 Å². The Labute approximate surface area is 153 Å². The van der Waals surface area contributed by atoms with E-state index in [1.54, 1.807) is 6.42 Å². The minimum Gasteiger partial charge on any atom is -0.339 e. The Hall–Kier alpha value is -0.570. The van der Waals surface area contributed by atoms with Crippen molar-refractivity contribution < 1.29 is 4.79 Å². The number of piperidine rings is 2. The lowest BCUT2D eigenvalue weighted by atomic mass is 9.53. The minimum atomic E-state index is 0.429. The second-order valence-corrected chi connectivity index (χ2v) is 10.5. The van der Waals surface area contributed by atoms with E-state index in [0.717, 1.165) is 55.0 Å². The Morgan fingerprint density at radius 2 is 1.64 bits per heavy atom. The molecule has 6 aliphatic rings. The van der Waals surface area contributed by atoms with Crippen LogP contribution in [-0.2, 0) is 4.79 Å². The van der Waals surface area contributed by atoms with Crippen molar-refractivity contribution >= 4 is 5.91 Å². The van der Waals surface area contributed by atoms with E-state index in [-0.39, 0.29) is 0 Å². The first kappa shape index (κ1) is 16.6. The molecular formula is C22H36N2O. The molecule has 0 unspecified atom stereocenters. The first-order valence-electron chi connectivity index (χ1n) is 11.1. The van der Waals surface area contributed by atoms with Crippen molar-refractivity contribution in [1.82, 2.24) is 9.80 Å². The lowest BCUT2D eigenvalue weighted by Crippen LogP contribution is -2.62. The topological polar surface area (TPSA) is 23.6 Å². The fraction of sp³-hybridized carbons (Fsp3) is 0.955. The van der Waals surface area contributed by atoms with E-state index in [4.69, 9.17) is 0 Å². The number of nitrogens with zero attached hydrogens (tertiary/aromatic N) is 2. The number of fused-ring (bicyclic) bond motifs is 1. The molecule has 1 amide bonds. The number of amides is 1. The lowest BCUT2D eigenvalue weighted by molar-refractivity contribution is -0.144. The molecule has 3 heteroatoms. The van der Waals surface area contributed by atoms with Gasteiger partial charge in [-0.15, -0.1) is 0 Å². The van der Waals surface area contributed by atoms with Gasteiger partial charge in [-0.3, -0.25) is 9.69 Å². The Morgan fingerprint density at radius 1 is 0.960 bits per heavy atom. The van der Waals surface area contributed by atoms with Crippen LogP contribution in [0.15, 0.2) is 0 Å². The molecule has 6 rings (SSSR count). The molecular weight excluding hydrogens is 308 g/mol. The number of likely N-dealkylation sites (tertiary alicyclic amines) is 2. The molecule has 2 saturated heterocycles. The molecule has 6 fully saturated rings. The van der Waals surface area contributed by atoms with Gasteiger partial charge in [0.2, 0.25) is 5.91 Å². The summed E-state index contributed by atoms with van der Waals surface area (Å²) in [6, 6.07) is 1.43. The third-order valence-corrected chi connectivity index (χ3v) is 8.34. The molecule has 2 aliphatic heterocycles. The maximum atomic E-state index is 12.5. The van der Waals surface area contributed by atoms with Gasteiger partial charge in [0, 0.05) is 38.1 Å². The van der Waals surface area contributed by atoms with Crippen LogP contribution in [0.1, 0.15) is 65.2 Å². The molecule has 4 bridgehead atoms. The Kier molecular flexibility index (Phi) is 4.15. The molecule has 0 spiro atoms. The van der Waals surface area contributed by atoms with E-state index in [0.29, 0.717) is 17.9 Å². The third-order valence-electron chi connectivity index (χ3n) is 8.34. The standard InChI is InChI=1S/C22H36N2O/c1-14(2)12-24-20-5-6-23(13-17(20)3-4-21(24)25)22-18-8-15-7-16(10-18)11-19(22)9-15/h14-20,22H,3-13H2,1-2H3/t15?,16?,17-,18?,19?,20+,22?/m1/s1. The van der Waals surface area contributed by atoms with Gasteiger partial charge in [-0.2, -0.15) is 0 Å². The molecule has 140 valence electrons. The fourth-order valence-corrected chi connectivity index (χ4v) is 7.77. The van der Waals surface area contributed by atoms with E-state index in [9.17, 15) is 4.79 Å². The summed E-state index contributed by atoms with van der Waals surface area (Å²) < 4.78 is 0. The summed E-state index contributed by atoms with van der Waals surface area (Å²) in [5, 5.41) is 0. The lowest BCUT2D eigenvalue weighted by Gasteiger charge is -2.59. The maximum absolute atomic E-state index is 12.5. The van der Waals surface area contributed by atoms with Crippen LogP contribution in [0.25, 0.3) is 0 Å². The Bertz CT molecular complexity index is 502. The highest BCUT2D eigenvalue weighted by Crippen LogP contribution is 2.55. The van der Waals surface area contributed by atoms with E-state index in [2.05, 4.69) is 23.6 Å². The van der Waals surface area contributed by atoms with Crippen LogP contribution in [0, 0.1) is 35.5 Å². The zero-order chi connectivity index (χ0) is 17.1. The van der Waals surface area contributed by atoms with Gasteiger partial charge in [-0.05, 0) is 80.5 Å². The van der Waals surface area contributed by atoms with Crippen LogP contribution in [0.3, 0.4) is 0 Å². The molecule has 25 heavy (non-hydrogen) atoms. The third kappa shape index (κ3) is 2.85. The van der Waals surface area contributed by atoms with E-state index in [1.165, 1.54) is 45.2 Å². The molecule has 2 heterocycles. The summed E-state index contributed by atoms with van der Waals surface area (Å²) in [7, 11) is 0. The normalized spacial score (nSPS) is 46.8. The quantitative estimate of drug-likeness (QED) is 0.778. The van der Waals surface area contributed by atoms with Crippen LogP contribution in [0.5, 0.6) is 0 Å². The molecule has 4 aliphatic carbocycles. The zero-order valence-corrected chi connectivity index (χ0v) is 16.2. The van der Waals surface area contributed by atoms with Crippen molar-refractivity contribution in [3.05, 3.63) is 0 Å². The molecule has 0 aromatic heterocycles. The van der Waals surface area contributed by atoms with Crippen LogP contribution >= 0.6 is 0 Å². The highest BCUT2D eigenvalue weighted by molar-refractivity contribution is 5.77. The summed E-state index contributed by atoms with van der Waals surface area (Å²) in [4.78, 5) is 17.7. The van der Waals surface area contributed by atoms with E-state index >= 15 is 0 Å². The average Bonchev–Trinajstić information content (AvgIpc) is 2.56. The van der Waals surface area contributed by atoms with Crippen molar-refractivity contribution in [3.63, 3.8) is 0 Å². The number of hydrogen-bond donors (Lipinski definition) is 0. The molecule has 3 nitrogen and oxygen atoms in total. The predicted molar refractivity (Wildman–Crippen MR) is 100 cm³/mol. The Morgan fingerprint density at radius 3 is 2.28 bits per heavy atom. The number of hydrogen-bond acceptors (Lipinski definition) is 2. The van der Waals surface area contributed by atoms with Crippen molar-refractivity contribution in [2.75, 3.05) is 19.6 Å². The van der Waals surface area contributed by atoms with Gasteiger partial charge in [-0.25, -0.2) is 0 Å². The fourth-order valence-electron chi connectivity index (χ4n) is 7.77. The van der Waals surface area contributed by atoms with Gasteiger partial charge < -0.3 is 4.90 Å². The highest BCUT2D eigenvalue weighted by atomic mass is 16.2. The van der Waals surface area contributed by atoms with Gasteiger partial charge in [0.05, 0.1) is 0 Å². The average molecular weight is 345 g/mol. The molecule has 2 atom stereocenters. The molecule has 0 N–H and O–H groups in total. The summed E-state index contributed by atoms with van der Waals surface area (Å²) >= 11 is 0. The zero-order valence-electron chi connectivity index (χ0n) is 16.2. The minimum absolute atomic E-state index is 0.429. The summed E-state index contributed by atoms with van der Waals surface area (Å²) in [6.45, 7) is 7.99. The number of carbonyl (C=O) groups is 1. The molecule has 0 aromatic rings. The number of carbonyl (C=O) groups excluding carboxylic acids is 1. The van der Waals surface area contributed by atoms with Crippen LogP contribution in [0.4, 0.5) is 0 Å². The van der Waals surface area contributed by atoms with Gasteiger partial charge in [0.25, 0.3) is 0 Å². The molecule has 4 saturated carbocycles. The first-order valence-corrected chi connectivity index (χ1v) is 11.1. The second-order valence-electron chi connectivity index (χ2n) is 10.5. The SMILES string of the molecule is CC(C)CN1C(=O)CC[C@@H]2CN(C3C4CC5CC(C4)CC3C5)CC[C@@H]21. The summed E-state index contributed by atoms with van der Waals surface area (Å²) in [5.74, 6) is 5.91. The maximum Gasteiger partial charge on any atom is 0.222 e. The van der Waals surface area contributed by atoms with E-state index in [1.807, 2.05) is 0 Å². The van der Waals surface area contributed by atoms with Crippen molar-refractivity contribution in [2.24, 2.45) is 35.5 Å². The second kappa shape index (κ2) is 6.25. The monoisotopic (exact) mass is 344 g/mol. The number of rotatable bonds is 3. The van der Waals surface area contributed by atoms with E-state index < -0.39 is 0 Å². The largest absolute Gasteiger partial charge is 0.339 e. The predicted octanol–water partition coefficient (Wildman–Crippen LogP) is 3.78. The van der Waals surface area contributed by atoms with Crippen LogP contribution in [-0.4, -0.2) is 47.4 Å². The van der Waals surface area contributed by atoms with Crippen molar-refractivity contribution in [2.45, 2.75) is 77.3 Å². The van der Waals surface area contributed by atoms with Gasteiger partial charge >= 0.3 is 0 Å². The summed E-state index contributed by atoms with van der Waals surface area (Å²) in [5.41, 5.74) is 0. The molecule has 0 radical (unpaired) electrons.